The summed E-state index contributed by atoms with van der Waals surface area (Å²) >= 11 is 0. The van der Waals surface area contributed by atoms with Gasteiger partial charge in [-0.15, -0.1) is 0 Å². The summed E-state index contributed by atoms with van der Waals surface area (Å²) in [6.07, 6.45) is -2.39. The van der Waals surface area contributed by atoms with Gasteiger partial charge in [0.05, 0.1) is 24.5 Å². The number of morpholine rings is 1. The molecule has 0 radical (unpaired) electrons. The third kappa shape index (κ3) is 5.28. The van der Waals surface area contributed by atoms with E-state index in [4.69, 9.17) is 4.74 Å². The fourth-order valence-electron chi connectivity index (χ4n) is 3.89. The van der Waals surface area contributed by atoms with Gasteiger partial charge in [-0.25, -0.2) is 0 Å². The number of alkyl halides is 3. The number of hydrogen-bond donors (Lipinski definition) is 2. The number of ether oxygens (including phenoxy) is 1. The molecule has 1 amide bonds. The van der Waals surface area contributed by atoms with Gasteiger partial charge in [-0.05, 0) is 42.8 Å². The number of aliphatic imine (C=N–C) groups is 1. The molecule has 0 aliphatic carbocycles. The molecule has 4 rings (SSSR count). The Morgan fingerprint density at radius 1 is 1.19 bits per heavy atom. The first-order valence-electron chi connectivity index (χ1n) is 10.6. The van der Waals surface area contributed by atoms with Crippen LogP contribution < -0.4 is 10.6 Å². The van der Waals surface area contributed by atoms with Gasteiger partial charge in [-0.3, -0.25) is 14.7 Å². The highest BCUT2D eigenvalue weighted by molar-refractivity contribution is 6.12. The number of nitrogens with zero attached hydrogens (tertiary/aromatic N) is 2. The second-order valence-corrected chi connectivity index (χ2v) is 7.79. The molecule has 0 bridgehead atoms. The maximum Gasteiger partial charge on any atom is 0.418 e. The van der Waals surface area contributed by atoms with Crippen molar-refractivity contribution in [2.75, 3.05) is 50.0 Å². The fraction of sp³-hybridized carbons (Fsp3) is 0.391. The highest BCUT2D eigenvalue weighted by Crippen LogP contribution is 2.38. The Labute approximate surface area is 184 Å². The first-order valence-corrected chi connectivity index (χ1v) is 10.6. The van der Waals surface area contributed by atoms with Crippen molar-refractivity contribution < 1.29 is 22.7 Å². The van der Waals surface area contributed by atoms with E-state index in [-0.39, 0.29) is 17.3 Å². The largest absolute Gasteiger partial charge is 0.418 e. The van der Waals surface area contributed by atoms with Crippen molar-refractivity contribution in [3.05, 3.63) is 53.6 Å². The smallest absolute Gasteiger partial charge is 0.385 e. The summed E-state index contributed by atoms with van der Waals surface area (Å²) < 4.78 is 46.3. The first-order chi connectivity index (χ1) is 15.4. The number of halogens is 3. The third-order valence-electron chi connectivity index (χ3n) is 5.59. The van der Waals surface area contributed by atoms with E-state index in [9.17, 15) is 18.0 Å². The Morgan fingerprint density at radius 2 is 1.97 bits per heavy atom. The number of hydrogen-bond acceptors (Lipinski definition) is 5. The molecular formula is C23H25F3N4O2. The molecule has 6 nitrogen and oxygen atoms in total. The van der Waals surface area contributed by atoms with Crippen LogP contribution in [0.1, 0.15) is 23.5 Å². The second kappa shape index (κ2) is 9.70. The average Bonchev–Trinajstić information content (AvgIpc) is 3.10. The van der Waals surface area contributed by atoms with Crippen LogP contribution in [0.15, 0.2) is 47.5 Å². The van der Waals surface area contributed by atoms with Gasteiger partial charge in [-0.1, -0.05) is 18.2 Å². The molecule has 2 aliphatic rings. The van der Waals surface area contributed by atoms with Gasteiger partial charge >= 0.3 is 6.18 Å². The predicted molar refractivity (Wildman–Crippen MR) is 118 cm³/mol. The fourth-order valence-corrected chi connectivity index (χ4v) is 3.89. The van der Waals surface area contributed by atoms with Crippen LogP contribution in [0.2, 0.25) is 0 Å². The van der Waals surface area contributed by atoms with E-state index in [1.165, 1.54) is 18.3 Å². The summed E-state index contributed by atoms with van der Waals surface area (Å²) in [7, 11) is 0. The molecule has 1 unspecified atom stereocenters. The molecule has 32 heavy (non-hydrogen) atoms. The average molecular weight is 446 g/mol. The number of anilines is 2. The van der Waals surface area contributed by atoms with Gasteiger partial charge in [0.25, 0.3) is 0 Å². The van der Waals surface area contributed by atoms with E-state index in [2.05, 4.69) is 20.5 Å². The van der Waals surface area contributed by atoms with Crippen LogP contribution in [-0.4, -0.2) is 56.4 Å². The van der Waals surface area contributed by atoms with E-state index in [1.54, 1.807) is 24.3 Å². The van der Waals surface area contributed by atoms with E-state index in [0.29, 0.717) is 25.4 Å². The van der Waals surface area contributed by atoms with Crippen LogP contribution >= 0.6 is 0 Å². The molecule has 170 valence electrons. The number of carbonyl (C=O) groups is 1. The lowest BCUT2D eigenvalue weighted by Crippen LogP contribution is -2.37. The third-order valence-corrected chi connectivity index (χ3v) is 5.59. The Hall–Kier alpha value is -2.91. The Morgan fingerprint density at radius 3 is 2.75 bits per heavy atom. The van der Waals surface area contributed by atoms with E-state index >= 15 is 0 Å². The Bertz CT molecular complexity index is 987. The normalized spacial score (nSPS) is 19.2. The summed E-state index contributed by atoms with van der Waals surface area (Å²) in [6.45, 7) is 4.34. The Kier molecular flexibility index (Phi) is 6.76. The first kappa shape index (κ1) is 22.3. The number of benzene rings is 2. The molecule has 1 saturated heterocycles. The molecule has 0 spiro atoms. The van der Waals surface area contributed by atoms with Crippen LogP contribution in [0.4, 0.5) is 30.2 Å². The molecule has 1 atom stereocenters. The van der Waals surface area contributed by atoms with Crippen LogP contribution in [0.3, 0.4) is 0 Å². The lowest BCUT2D eigenvalue weighted by atomic mass is 10.0. The highest BCUT2D eigenvalue weighted by Gasteiger charge is 2.34. The molecule has 2 heterocycles. The maximum atomic E-state index is 13.7. The van der Waals surface area contributed by atoms with Crippen molar-refractivity contribution in [3.8, 4) is 0 Å². The summed E-state index contributed by atoms with van der Waals surface area (Å²) in [6, 6.07) is 11.1. The molecule has 2 aromatic carbocycles. The minimum absolute atomic E-state index is 0.0300. The predicted octanol–water partition coefficient (Wildman–Crippen LogP) is 4.28. The SMILES string of the molecule is O=C1Nc2ccccc2C1C=Nc1ccc(NCCCN2CCOCC2)c(C(F)(F)F)c1. The number of amides is 1. The maximum absolute atomic E-state index is 13.7. The van der Waals surface area contributed by atoms with Gasteiger partial charge < -0.3 is 15.4 Å². The molecule has 2 aliphatic heterocycles. The van der Waals surface area contributed by atoms with Crippen LogP contribution in [0.5, 0.6) is 0 Å². The van der Waals surface area contributed by atoms with Crippen molar-refractivity contribution in [2.45, 2.75) is 18.5 Å². The lowest BCUT2D eigenvalue weighted by molar-refractivity contribution is -0.137. The molecule has 9 heteroatoms. The van der Waals surface area contributed by atoms with Crippen molar-refractivity contribution in [1.29, 1.82) is 0 Å². The molecule has 0 saturated carbocycles. The summed E-state index contributed by atoms with van der Waals surface area (Å²) in [5.74, 6) is -0.872. The van der Waals surface area contributed by atoms with Gasteiger partial charge in [-0.2, -0.15) is 13.2 Å². The van der Waals surface area contributed by atoms with Crippen LogP contribution in [0, 0.1) is 0 Å². The van der Waals surface area contributed by atoms with Crippen LogP contribution in [0.25, 0.3) is 0 Å². The topological polar surface area (TPSA) is 66.0 Å². The molecule has 2 N–H and O–H groups in total. The van der Waals surface area contributed by atoms with Crippen molar-refractivity contribution in [1.82, 2.24) is 4.90 Å². The quantitative estimate of drug-likeness (QED) is 0.492. The minimum atomic E-state index is -4.52. The standard InChI is InChI=1S/C23H25F3N4O2/c24-23(25,26)19-14-16(28-15-18-17-4-1-2-5-20(17)29-22(18)31)6-7-21(19)27-8-3-9-30-10-12-32-13-11-30/h1-2,4-7,14-15,18,27H,3,8-13H2,(H,29,31). The summed E-state index contributed by atoms with van der Waals surface area (Å²) in [5, 5.41) is 5.66. The lowest BCUT2D eigenvalue weighted by Gasteiger charge is -2.26. The number of nitrogens with one attached hydrogen (secondary N) is 2. The zero-order valence-electron chi connectivity index (χ0n) is 17.5. The van der Waals surface area contributed by atoms with Crippen molar-refractivity contribution in [2.24, 2.45) is 4.99 Å². The molecule has 0 aromatic heterocycles. The minimum Gasteiger partial charge on any atom is -0.385 e. The second-order valence-electron chi connectivity index (χ2n) is 7.79. The number of para-hydroxylation sites is 1. The molecule has 2 aromatic rings. The zero-order valence-corrected chi connectivity index (χ0v) is 17.5. The molecule has 1 fully saturated rings. The number of fused-ring (bicyclic) bond motifs is 1. The summed E-state index contributed by atoms with van der Waals surface area (Å²) in [5.41, 5.74) is 0.864. The van der Waals surface area contributed by atoms with Crippen molar-refractivity contribution >= 4 is 29.2 Å². The van der Waals surface area contributed by atoms with E-state index < -0.39 is 17.7 Å². The summed E-state index contributed by atoms with van der Waals surface area (Å²) in [4.78, 5) is 18.6. The van der Waals surface area contributed by atoms with E-state index in [0.717, 1.165) is 37.7 Å². The highest BCUT2D eigenvalue weighted by atomic mass is 19.4. The monoisotopic (exact) mass is 446 g/mol. The van der Waals surface area contributed by atoms with Gasteiger partial charge in [0.15, 0.2) is 0 Å². The van der Waals surface area contributed by atoms with Crippen LogP contribution in [-0.2, 0) is 15.7 Å². The van der Waals surface area contributed by atoms with Crippen molar-refractivity contribution in [3.63, 3.8) is 0 Å². The Balaban J connectivity index is 1.43. The molecular weight excluding hydrogens is 421 g/mol. The number of carbonyl (C=O) groups excluding carboxylic acids is 1. The van der Waals surface area contributed by atoms with Gasteiger partial charge in [0.1, 0.15) is 5.92 Å². The zero-order chi connectivity index (χ0) is 22.6. The number of rotatable bonds is 7. The van der Waals surface area contributed by atoms with Gasteiger partial charge in [0, 0.05) is 37.2 Å². The van der Waals surface area contributed by atoms with Gasteiger partial charge in [0.2, 0.25) is 5.91 Å². The van der Waals surface area contributed by atoms with E-state index in [1.807, 2.05) is 0 Å².